The molecule has 2 heterocycles. The maximum absolute atomic E-state index is 11.7. The van der Waals surface area contributed by atoms with Crippen molar-refractivity contribution in [2.24, 2.45) is 0 Å². The van der Waals surface area contributed by atoms with Gasteiger partial charge in [0.15, 0.2) is 8.32 Å². The summed E-state index contributed by atoms with van der Waals surface area (Å²) < 4.78 is 18.5. The number of carbonyl (C=O) groups is 1. The number of rotatable bonds is 4. The molecule has 1 saturated heterocycles. The molecule has 7 heteroatoms. The predicted molar refractivity (Wildman–Crippen MR) is 104 cm³/mol. The highest BCUT2D eigenvalue weighted by Crippen LogP contribution is 2.42. The Morgan fingerprint density at radius 1 is 1.38 bits per heavy atom. The summed E-state index contributed by atoms with van der Waals surface area (Å²) in [7, 11) is -2.05. The molecule has 2 N–H and O–H groups in total. The summed E-state index contributed by atoms with van der Waals surface area (Å²) in [5.41, 5.74) is 7.51. The second kappa shape index (κ2) is 7.66. The lowest BCUT2D eigenvalue weighted by atomic mass is 9.94. The van der Waals surface area contributed by atoms with E-state index in [-0.39, 0.29) is 35.4 Å². The Labute approximate surface area is 157 Å². The van der Waals surface area contributed by atoms with Crippen LogP contribution in [0.25, 0.3) is 0 Å². The maximum atomic E-state index is 11.7. The molecule has 146 valence electrons. The smallest absolute Gasteiger partial charge is 0.302 e. The highest BCUT2D eigenvalue weighted by Gasteiger charge is 2.46. The second-order valence-electron chi connectivity index (χ2n) is 8.56. The van der Waals surface area contributed by atoms with Crippen LogP contribution in [-0.4, -0.2) is 37.6 Å². The summed E-state index contributed by atoms with van der Waals surface area (Å²) in [4.78, 5) is 15.7. The third-order valence-electron chi connectivity index (χ3n) is 5.44. The standard InChI is InChI=1S/C19H32N2O4Si/c1-12-18(25-26(6,7)19(3,4)5)17(24-13(2)22)10-16(23-12)14-8-9-21-11-15(14)20/h8-9,11-12,16-18H,10,20H2,1-7H3/t12-,16+,17+,18+/m1/s1. The SMILES string of the molecule is CC(=O)O[C@H]1C[C@@H](c2ccncc2N)O[C@H](C)[C@@H]1O[Si](C)(C)C(C)(C)C. The molecule has 0 amide bonds. The Balaban J connectivity index is 2.27. The Morgan fingerprint density at radius 2 is 2.04 bits per heavy atom. The molecule has 0 saturated carbocycles. The minimum absolute atomic E-state index is 0.0554. The minimum Gasteiger partial charge on any atom is -0.460 e. The zero-order valence-electron chi connectivity index (χ0n) is 16.9. The van der Waals surface area contributed by atoms with Crippen LogP contribution in [0.4, 0.5) is 5.69 Å². The van der Waals surface area contributed by atoms with Crippen LogP contribution in [0.3, 0.4) is 0 Å². The molecule has 0 unspecified atom stereocenters. The number of hydrogen-bond donors (Lipinski definition) is 1. The van der Waals surface area contributed by atoms with Gasteiger partial charge in [0, 0.05) is 25.1 Å². The van der Waals surface area contributed by atoms with Crippen LogP contribution < -0.4 is 5.73 Å². The molecule has 1 aromatic rings. The van der Waals surface area contributed by atoms with Crippen LogP contribution in [0.15, 0.2) is 18.5 Å². The summed E-state index contributed by atoms with van der Waals surface area (Å²) in [6, 6.07) is 1.85. The lowest BCUT2D eigenvalue weighted by Crippen LogP contribution is -2.54. The van der Waals surface area contributed by atoms with E-state index in [2.05, 4.69) is 38.8 Å². The fraction of sp³-hybridized carbons (Fsp3) is 0.684. The maximum Gasteiger partial charge on any atom is 0.302 e. The van der Waals surface area contributed by atoms with Gasteiger partial charge in [-0.25, -0.2) is 0 Å². The molecule has 4 atom stereocenters. The highest BCUT2D eigenvalue weighted by molar-refractivity contribution is 6.74. The summed E-state index contributed by atoms with van der Waals surface area (Å²) in [6.07, 6.45) is 2.68. The molecule has 0 spiro atoms. The van der Waals surface area contributed by atoms with Gasteiger partial charge in [0.25, 0.3) is 0 Å². The van der Waals surface area contributed by atoms with Crippen molar-refractivity contribution >= 4 is 20.0 Å². The molecule has 26 heavy (non-hydrogen) atoms. The van der Waals surface area contributed by atoms with Gasteiger partial charge in [0.1, 0.15) is 12.2 Å². The van der Waals surface area contributed by atoms with Crippen molar-refractivity contribution in [1.29, 1.82) is 0 Å². The van der Waals surface area contributed by atoms with E-state index in [0.29, 0.717) is 12.1 Å². The largest absolute Gasteiger partial charge is 0.460 e. The second-order valence-corrected chi connectivity index (χ2v) is 13.3. The van der Waals surface area contributed by atoms with Crippen molar-refractivity contribution in [1.82, 2.24) is 4.98 Å². The van der Waals surface area contributed by atoms with Gasteiger partial charge in [-0.2, -0.15) is 0 Å². The van der Waals surface area contributed by atoms with E-state index < -0.39 is 8.32 Å². The van der Waals surface area contributed by atoms with E-state index in [4.69, 9.17) is 19.6 Å². The average molecular weight is 381 g/mol. The fourth-order valence-corrected chi connectivity index (χ4v) is 4.34. The Kier molecular flexibility index (Phi) is 6.15. The Bertz CT molecular complexity index is 645. The van der Waals surface area contributed by atoms with E-state index >= 15 is 0 Å². The number of hydrogen-bond acceptors (Lipinski definition) is 6. The first-order valence-corrected chi connectivity index (χ1v) is 12.0. The topological polar surface area (TPSA) is 83.7 Å². The van der Waals surface area contributed by atoms with Crippen molar-refractivity contribution in [3.63, 3.8) is 0 Å². The first kappa shape index (κ1) is 20.9. The van der Waals surface area contributed by atoms with Gasteiger partial charge in [-0.1, -0.05) is 20.8 Å². The number of esters is 1. The van der Waals surface area contributed by atoms with Crippen LogP contribution >= 0.6 is 0 Å². The Morgan fingerprint density at radius 3 is 2.58 bits per heavy atom. The zero-order valence-corrected chi connectivity index (χ0v) is 17.9. The van der Waals surface area contributed by atoms with Crippen LogP contribution in [0.2, 0.25) is 18.1 Å². The molecule has 0 aliphatic carbocycles. The lowest BCUT2D eigenvalue weighted by molar-refractivity contribution is -0.185. The first-order valence-electron chi connectivity index (χ1n) is 9.12. The number of carbonyl (C=O) groups excluding carboxylic acids is 1. The van der Waals surface area contributed by atoms with Crippen LogP contribution in [0.5, 0.6) is 0 Å². The quantitative estimate of drug-likeness (QED) is 0.631. The summed E-state index contributed by atoms with van der Waals surface area (Å²) in [6.45, 7) is 14.4. The number of nitrogens with two attached hydrogens (primary N) is 1. The van der Waals surface area contributed by atoms with Gasteiger partial charge in [-0.05, 0) is 31.1 Å². The van der Waals surface area contributed by atoms with Gasteiger partial charge in [-0.3, -0.25) is 9.78 Å². The van der Waals surface area contributed by atoms with Gasteiger partial charge < -0.3 is 19.6 Å². The van der Waals surface area contributed by atoms with Crippen LogP contribution in [0, 0.1) is 0 Å². The van der Waals surface area contributed by atoms with E-state index in [1.807, 2.05) is 13.0 Å². The molecule has 0 aromatic carbocycles. The number of aromatic nitrogens is 1. The van der Waals surface area contributed by atoms with Gasteiger partial charge >= 0.3 is 5.97 Å². The van der Waals surface area contributed by atoms with Crippen molar-refractivity contribution in [2.45, 2.75) is 83.6 Å². The highest BCUT2D eigenvalue weighted by atomic mass is 28.4. The predicted octanol–water partition coefficient (Wildman–Crippen LogP) is 3.84. The molecule has 1 aromatic heterocycles. The molecular weight excluding hydrogens is 348 g/mol. The van der Waals surface area contributed by atoms with Gasteiger partial charge in [-0.15, -0.1) is 0 Å². The lowest BCUT2D eigenvalue weighted by Gasteiger charge is -2.46. The molecule has 6 nitrogen and oxygen atoms in total. The molecular formula is C19H32N2O4Si. The zero-order chi connectivity index (χ0) is 19.7. The van der Waals surface area contributed by atoms with E-state index in [1.54, 1.807) is 12.4 Å². The third kappa shape index (κ3) is 4.63. The van der Waals surface area contributed by atoms with Crippen molar-refractivity contribution in [2.75, 3.05) is 5.73 Å². The summed E-state index contributed by atoms with van der Waals surface area (Å²) >= 11 is 0. The molecule has 1 fully saturated rings. The first-order chi connectivity index (χ1) is 11.9. The van der Waals surface area contributed by atoms with E-state index in [1.165, 1.54) is 6.92 Å². The van der Waals surface area contributed by atoms with Crippen LogP contribution in [0.1, 0.15) is 52.7 Å². The number of anilines is 1. The van der Waals surface area contributed by atoms with Gasteiger partial charge in [0.2, 0.25) is 0 Å². The van der Waals surface area contributed by atoms with Gasteiger partial charge in [0.05, 0.1) is 24.1 Å². The van der Waals surface area contributed by atoms with Crippen molar-refractivity contribution in [3.8, 4) is 0 Å². The van der Waals surface area contributed by atoms with E-state index in [0.717, 1.165) is 5.56 Å². The fourth-order valence-electron chi connectivity index (χ4n) is 2.97. The molecule has 1 aliphatic rings. The number of ether oxygens (including phenoxy) is 2. The minimum atomic E-state index is -2.05. The van der Waals surface area contributed by atoms with Crippen molar-refractivity contribution in [3.05, 3.63) is 24.0 Å². The van der Waals surface area contributed by atoms with Crippen molar-refractivity contribution < 1.29 is 18.7 Å². The molecule has 0 bridgehead atoms. The molecule has 1 aliphatic heterocycles. The normalized spacial score (nSPS) is 27.2. The van der Waals surface area contributed by atoms with Crippen LogP contribution in [-0.2, 0) is 18.7 Å². The molecule has 2 rings (SSSR count). The summed E-state index contributed by atoms with van der Waals surface area (Å²) in [5.74, 6) is -0.311. The average Bonchev–Trinajstić information content (AvgIpc) is 2.49. The number of nitrogen functional groups attached to an aromatic ring is 1. The number of pyridine rings is 1. The monoisotopic (exact) mass is 380 g/mol. The summed E-state index contributed by atoms with van der Waals surface area (Å²) in [5, 5.41) is 0.0554. The Hall–Kier alpha value is -1.44. The molecule has 0 radical (unpaired) electrons. The number of nitrogens with zero attached hydrogens (tertiary/aromatic N) is 1. The van der Waals surface area contributed by atoms with E-state index in [9.17, 15) is 4.79 Å². The third-order valence-corrected chi connectivity index (χ3v) is 9.92.